The van der Waals surface area contributed by atoms with E-state index >= 15 is 0 Å². The lowest BCUT2D eigenvalue weighted by Gasteiger charge is -2.22. The van der Waals surface area contributed by atoms with Gasteiger partial charge in [0.2, 0.25) is 5.91 Å². The molecule has 2 heterocycles. The Hall–Kier alpha value is -3.72. The third kappa shape index (κ3) is 5.50. The Balaban J connectivity index is 1.75. The number of hydrogen-bond donors (Lipinski definition) is 1. The number of hydrogen-bond acceptors (Lipinski definition) is 6. The number of rotatable bonds is 8. The van der Waals surface area contributed by atoms with Gasteiger partial charge < -0.3 is 15.4 Å². The number of aromatic nitrogens is 3. The van der Waals surface area contributed by atoms with Gasteiger partial charge in [-0.2, -0.15) is 5.10 Å². The van der Waals surface area contributed by atoms with Crippen LogP contribution in [0.2, 0.25) is 5.02 Å². The van der Waals surface area contributed by atoms with Crippen molar-refractivity contribution in [3.8, 4) is 5.82 Å². The molecule has 0 aliphatic rings. The molecule has 0 radical (unpaired) electrons. The van der Waals surface area contributed by atoms with E-state index in [4.69, 9.17) is 22.1 Å². The highest BCUT2D eigenvalue weighted by Crippen LogP contribution is 2.19. The minimum Gasteiger partial charge on any atom is -0.451 e. The van der Waals surface area contributed by atoms with E-state index < -0.39 is 24.4 Å². The first kappa shape index (κ1) is 23.0. The fraction of sp³-hybridized carbons (Fsp3) is 0.227. The fourth-order valence-electron chi connectivity index (χ4n) is 3.06. The van der Waals surface area contributed by atoms with Gasteiger partial charge >= 0.3 is 5.97 Å². The van der Waals surface area contributed by atoms with Crippen LogP contribution in [0.3, 0.4) is 0 Å². The summed E-state index contributed by atoms with van der Waals surface area (Å²) in [7, 11) is 0. The van der Waals surface area contributed by atoms with E-state index in [-0.39, 0.29) is 23.7 Å². The Morgan fingerprint density at radius 1 is 1.12 bits per heavy atom. The zero-order valence-electron chi connectivity index (χ0n) is 17.6. The zero-order chi connectivity index (χ0) is 23.3. The predicted octanol–water partition coefficient (Wildman–Crippen LogP) is 2.60. The van der Waals surface area contributed by atoms with E-state index in [2.05, 4.69) is 10.1 Å². The van der Waals surface area contributed by atoms with E-state index in [1.807, 2.05) is 19.9 Å². The number of anilines is 1. The van der Waals surface area contributed by atoms with Crippen molar-refractivity contribution < 1.29 is 19.1 Å². The maximum atomic E-state index is 12.7. The van der Waals surface area contributed by atoms with Crippen molar-refractivity contribution in [1.82, 2.24) is 14.8 Å². The van der Waals surface area contributed by atoms with Crippen LogP contribution in [0.15, 0.2) is 48.5 Å². The molecule has 0 saturated carbocycles. The molecule has 32 heavy (non-hydrogen) atoms. The van der Waals surface area contributed by atoms with Gasteiger partial charge in [0, 0.05) is 24.3 Å². The molecule has 2 N–H and O–H groups in total. The number of halogens is 1. The second kappa shape index (κ2) is 10.1. The van der Waals surface area contributed by atoms with E-state index in [0.29, 0.717) is 11.5 Å². The highest BCUT2D eigenvalue weighted by molar-refractivity contribution is 6.33. The Morgan fingerprint density at radius 3 is 2.47 bits per heavy atom. The molecule has 0 aliphatic carbocycles. The molecule has 2 aromatic heterocycles. The number of nitrogens with zero attached hydrogens (tertiary/aromatic N) is 4. The van der Waals surface area contributed by atoms with Crippen molar-refractivity contribution in [2.75, 3.05) is 18.1 Å². The molecule has 0 bridgehead atoms. The minimum absolute atomic E-state index is 0.0351. The molecule has 0 unspecified atom stereocenters. The molecule has 1 aromatic carbocycles. The minimum atomic E-state index is -0.852. The third-order valence-corrected chi connectivity index (χ3v) is 4.83. The van der Waals surface area contributed by atoms with Gasteiger partial charge in [-0.15, -0.1) is 0 Å². The lowest BCUT2D eigenvalue weighted by molar-refractivity contribution is -0.121. The molecule has 2 amide bonds. The Labute approximate surface area is 189 Å². The largest absolute Gasteiger partial charge is 0.451 e. The number of pyridine rings is 1. The summed E-state index contributed by atoms with van der Waals surface area (Å²) in [6.45, 7) is 3.20. The summed E-state index contributed by atoms with van der Waals surface area (Å²) in [5.74, 6) is -1.52. The van der Waals surface area contributed by atoms with Crippen LogP contribution in [-0.2, 0) is 14.3 Å². The number of primary amides is 1. The van der Waals surface area contributed by atoms with Gasteiger partial charge in [0.05, 0.1) is 10.7 Å². The first-order valence-corrected chi connectivity index (χ1v) is 10.1. The second-order valence-electron chi connectivity index (χ2n) is 7.01. The Bertz CT molecular complexity index is 1150. The first-order valence-electron chi connectivity index (χ1n) is 9.77. The van der Waals surface area contributed by atoms with Crippen LogP contribution in [0, 0.1) is 13.8 Å². The van der Waals surface area contributed by atoms with Gasteiger partial charge in [-0.3, -0.25) is 9.59 Å². The number of benzene rings is 1. The number of carbonyl (C=O) groups is 3. The highest BCUT2D eigenvalue weighted by atomic mass is 35.5. The molecule has 3 aromatic rings. The van der Waals surface area contributed by atoms with Crippen LogP contribution in [0.4, 0.5) is 5.69 Å². The molecule has 0 saturated heterocycles. The lowest BCUT2D eigenvalue weighted by Crippen LogP contribution is -2.37. The molecule has 10 heteroatoms. The molecule has 9 nitrogen and oxygen atoms in total. The number of amides is 2. The molecular weight excluding hydrogens is 434 g/mol. The molecule has 166 valence electrons. The Kier molecular flexibility index (Phi) is 7.21. The molecule has 0 aliphatic heterocycles. The zero-order valence-corrected chi connectivity index (χ0v) is 18.4. The SMILES string of the molecule is Cc1cc(C)n(-c2ccc(Cl)c(C(=O)OCC(=O)N(CCC(N)=O)c3ccccc3)n2)n1. The molecular formula is C22H22ClN5O4. The third-order valence-electron chi connectivity index (χ3n) is 4.53. The van der Waals surface area contributed by atoms with Crippen molar-refractivity contribution in [1.29, 1.82) is 0 Å². The molecule has 0 spiro atoms. The fourth-order valence-corrected chi connectivity index (χ4v) is 3.24. The highest BCUT2D eigenvalue weighted by Gasteiger charge is 2.21. The number of aryl methyl sites for hydroxylation is 2. The summed E-state index contributed by atoms with van der Waals surface area (Å²) in [4.78, 5) is 42.2. The van der Waals surface area contributed by atoms with Crippen LogP contribution >= 0.6 is 11.6 Å². The van der Waals surface area contributed by atoms with Crippen molar-refractivity contribution in [3.63, 3.8) is 0 Å². The van der Waals surface area contributed by atoms with Gasteiger partial charge in [0.25, 0.3) is 5.91 Å². The molecule has 0 atom stereocenters. The summed E-state index contributed by atoms with van der Waals surface area (Å²) in [6, 6.07) is 13.7. The van der Waals surface area contributed by atoms with Crippen LogP contribution in [0.1, 0.15) is 28.3 Å². The van der Waals surface area contributed by atoms with Crippen LogP contribution < -0.4 is 10.6 Å². The van der Waals surface area contributed by atoms with E-state index in [9.17, 15) is 14.4 Å². The van der Waals surface area contributed by atoms with Crippen molar-refractivity contribution >= 4 is 35.1 Å². The number of esters is 1. The molecule has 3 rings (SSSR count). The number of nitrogens with two attached hydrogens (primary N) is 1. The lowest BCUT2D eigenvalue weighted by atomic mass is 10.2. The summed E-state index contributed by atoms with van der Waals surface area (Å²) in [5.41, 5.74) is 7.27. The van der Waals surface area contributed by atoms with Crippen molar-refractivity contribution in [3.05, 3.63) is 70.6 Å². The van der Waals surface area contributed by atoms with Crippen molar-refractivity contribution in [2.24, 2.45) is 5.73 Å². The summed E-state index contributed by atoms with van der Waals surface area (Å²) in [5, 5.41) is 4.42. The first-order chi connectivity index (χ1) is 15.3. The van der Waals surface area contributed by atoms with Gasteiger partial charge in [-0.05, 0) is 44.2 Å². The number of para-hydroxylation sites is 1. The van der Waals surface area contributed by atoms with Crippen molar-refractivity contribution in [2.45, 2.75) is 20.3 Å². The average molecular weight is 456 g/mol. The van der Waals surface area contributed by atoms with Crippen LogP contribution in [-0.4, -0.2) is 45.7 Å². The van der Waals surface area contributed by atoms with Gasteiger partial charge in [0.1, 0.15) is 0 Å². The van der Waals surface area contributed by atoms with Crippen LogP contribution in [0.25, 0.3) is 5.82 Å². The molecule has 0 fully saturated rings. The van der Waals surface area contributed by atoms with Gasteiger partial charge in [-0.25, -0.2) is 14.5 Å². The topological polar surface area (TPSA) is 120 Å². The maximum Gasteiger partial charge on any atom is 0.359 e. The smallest absolute Gasteiger partial charge is 0.359 e. The maximum absolute atomic E-state index is 12.7. The monoisotopic (exact) mass is 455 g/mol. The standard InChI is InChI=1S/C22H22ClN5O4/c1-14-12-15(2)28(26-14)19-9-8-17(23)21(25-19)22(31)32-13-20(30)27(11-10-18(24)29)16-6-4-3-5-7-16/h3-9,12H,10-11,13H2,1-2H3,(H2,24,29). The summed E-state index contributed by atoms with van der Waals surface area (Å²) in [6.07, 6.45) is -0.0351. The normalized spacial score (nSPS) is 10.6. The van der Waals surface area contributed by atoms with Gasteiger partial charge in [0.15, 0.2) is 18.1 Å². The Morgan fingerprint density at radius 2 is 1.84 bits per heavy atom. The average Bonchev–Trinajstić information content (AvgIpc) is 3.11. The number of ether oxygens (including phenoxy) is 1. The number of carbonyl (C=O) groups excluding carboxylic acids is 3. The van der Waals surface area contributed by atoms with E-state index in [0.717, 1.165) is 11.4 Å². The van der Waals surface area contributed by atoms with Gasteiger partial charge in [-0.1, -0.05) is 29.8 Å². The van der Waals surface area contributed by atoms with E-state index in [1.54, 1.807) is 41.1 Å². The predicted molar refractivity (Wildman–Crippen MR) is 119 cm³/mol. The van der Waals surface area contributed by atoms with E-state index in [1.165, 1.54) is 11.0 Å². The quantitative estimate of drug-likeness (QED) is 0.521. The summed E-state index contributed by atoms with van der Waals surface area (Å²) >= 11 is 6.14. The summed E-state index contributed by atoms with van der Waals surface area (Å²) < 4.78 is 6.76. The second-order valence-corrected chi connectivity index (χ2v) is 7.42. The van der Waals surface area contributed by atoms with Crippen LogP contribution in [0.5, 0.6) is 0 Å².